The average Bonchev–Trinajstić information content (AvgIpc) is 2.69. The van der Waals surface area contributed by atoms with Crippen molar-refractivity contribution < 1.29 is 9.84 Å². The molecule has 1 aromatic heterocycles. The molecular weight excluding hydrogens is 240 g/mol. The lowest BCUT2D eigenvalue weighted by Gasteiger charge is -2.23. The fourth-order valence-electron chi connectivity index (χ4n) is 2.27. The average molecular weight is 256 g/mol. The maximum atomic E-state index is 9.24. The van der Waals surface area contributed by atoms with Crippen molar-refractivity contribution in [3.63, 3.8) is 0 Å². The molecule has 2 heterocycles. The van der Waals surface area contributed by atoms with Crippen molar-refractivity contribution >= 4 is 11.5 Å². The topological polar surface area (TPSA) is 45.6 Å². The van der Waals surface area contributed by atoms with E-state index in [1.165, 1.54) is 0 Å². The molecule has 19 heavy (non-hydrogen) atoms. The van der Waals surface area contributed by atoms with E-state index in [0.29, 0.717) is 6.61 Å². The molecule has 0 bridgehead atoms. The Bertz CT molecular complexity index is 572. The maximum Gasteiger partial charge on any atom is 0.142 e. The van der Waals surface area contributed by atoms with E-state index in [4.69, 9.17) is 4.74 Å². The molecule has 1 N–H and O–H groups in total. The first-order valence-corrected chi connectivity index (χ1v) is 6.43. The van der Waals surface area contributed by atoms with Gasteiger partial charge in [0.05, 0.1) is 18.9 Å². The van der Waals surface area contributed by atoms with Crippen molar-refractivity contribution in [2.75, 3.05) is 18.1 Å². The van der Waals surface area contributed by atoms with Crippen LogP contribution in [-0.2, 0) is 6.61 Å². The number of hydrogen-bond acceptors (Lipinski definition) is 4. The van der Waals surface area contributed by atoms with Crippen LogP contribution >= 0.6 is 0 Å². The summed E-state index contributed by atoms with van der Waals surface area (Å²) in [7, 11) is 0. The molecule has 0 aliphatic carbocycles. The lowest BCUT2D eigenvalue weighted by molar-refractivity contribution is 0.281. The number of fused-ring (bicyclic) bond motifs is 1. The third-order valence-corrected chi connectivity index (χ3v) is 3.21. The summed E-state index contributed by atoms with van der Waals surface area (Å²) in [4.78, 5) is 6.55. The molecule has 1 aliphatic rings. The predicted octanol–water partition coefficient (Wildman–Crippen LogP) is 2.49. The van der Waals surface area contributed by atoms with Crippen LogP contribution in [0.1, 0.15) is 12.0 Å². The zero-order valence-electron chi connectivity index (χ0n) is 10.6. The molecule has 3 rings (SSSR count). The Morgan fingerprint density at radius 1 is 1.26 bits per heavy atom. The minimum absolute atomic E-state index is 0.0293. The van der Waals surface area contributed by atoms with E-state index in [0.717, 1.165) is 35.8 Å². The number of pyridine rings is 1. The second kappa shape index (κ2) is 5.28. The fourth-order valence-corrected chi connectivity index (χ4v) is 2.27. The maximum absolute atomic E-state index is 9.24. The van der Waals surface area contributed by atoms with E-state index >= 15 is 0 Å². The fraction of sp³-hybridized carbons (Fsp3) is 0.267. The van der Waals surface area contributed by atoms with Crippen molar-refractivity contribution in [1.82, 2.24) is 4.98 Å². The van der Waals surface area contributed by atoms with Gasteiger partial charge in [-0.15, -0.1) is 0 Å². The molecule has 0 saturated heterocycles. The van der Waals surface area contributed by atoms with Gasteiger partial charge < -0.3 is 14.7 Å². The lowest BCUT2D eigenvalue weighted by atomic mass is 10.2. The molecule has 4 heteroatoms. The highest BCUT2D eigenvalue weighted by Gasteiger charge is 2.18. The molecule has 4 nitrogen and oxygen atoms in total. The van der Waals surface area contributed by atoms with Gasteiger partial charge in [0.25, 0.3) is 0 Å². The standard InChI is InChI=1S/C15H16N2O2/c18-11-12-6-7-16-15(10-12)17-8-3-9-19-14-5-2-1-4-13(14)17/h1-2,4-7,10,18H,3,8-9,11H2. The number of rotatable bonds is 2. The van der Waals surface area contributed by atoms with Gasteiger partial charge in [-0.05, 0) is 36.2 Å². The molecule has 0 unspecified atom stereocenters. The normalized spacial score (nSPS) is 14.5. The third-order valence-electron chi connectivity index (χ3n) is 3.21. The van der Waals surface area contributed by atoms with Crippen LogP contribution in [0.25, 0.3) is 0 Å². The number of aromatic nitrogens is 1. The van der Waals surface area contributed by atoms with Gasteiger partial charge in [-0.2, -0.15) is 0 Å². The van der Waals surface area contributed by atoms with Gasteiger partial charge in [0.1, 0.15) is 11.6 Å². The summed E-state index contributed by atoms with van der Waals surface area (Å²) in [6.07, 6.45) is 2.68. The van der Waals surface area contributed by atoms with Crippen molar-refractivity contribution in [1.29, 1.82) is 0 Å². The number of hydrogen-bond donors (Lipinski definition) is 1. The number of aliphatic hydroxyl groups is 1. The Hall–Kier alpha value is -2.07. The SMILES string of the molecule is OCc1ccnc(N2CCCOc3ccccc32)c1. The molecule has 0 amide bonds. The number of aliphatic hydroxyl groups excluding tert-OH is 1. The van der Waals surface area contributed by atoms with Gasteiger partial charge >= 0.3 is 0 Å². The van der Waals surface area contributed by atoms with E-state index in [9.17, 15) is 5.11 Å². The van der Waals surface area contributed by atoms with E-state index in [1.54, 1.807) is 6.20 Å². The molecule has 0 radical (unpaired) electrons. The summed E-state index contributed by atoms with van der Waals surface area (Å²) in [6, 6.07) is 11.7. The van der Waals surface area contributed by atoms with Crippen LogP contribution in [0.4, 0.5) is 11.5 Å². The summed E-state index contributed by atoms with van der Waals surface area (Å²) in [5.74, 6) is 1.74. The van der Waals surface area contributed by atoms with E-state index in [1.807, 2.05) is 36.4 Å². The second-order valence-electron chi connectivity index (χ2n) is 4.50. The van der Waals surface area contributed by atoms with Gasteiger partial charge in [0.15, 0.2) is 0 Å². The highest BCUT2D eigenvalue weighted by atomic mass is 16.5. The monoisotopic (exact) mass is 256 g/mol. The molecule has 1 aromatic carbocycles. The van der Waals surface area contributed by atoms with Crippen LogP contribution in [-0.4, -0.2) is 23.2 Å². The highest BCUT2D eigenvalue weighted by molar-refractivity contribution is 5.67. The number of benzene rings is 1. The van der Waals surface area contributed by atoms with Crippen molar-refractivity contribution in [3.8, 4) is 5.75 Å². The summed E-state index contributed by atoms with van der Waals surface area (Å²) in [5, 5.41) is 9.24. The van der Waals surface area contributed by atoms with Crippen LogP contribution in [0.2, 0.25) is 0 Å². The minimum atomic E-state index is 0.0293. The van der Waals surface area contributed by atoms with Crippen molar-refractivity contribution in [3.05, 3.63) is 48.2 Å². The molecular formula is C15H16N2O2. The predicted molar refractivity (Wildman–Crippen MR) is 73.7 cm³/mol. The van der Waals surface area contributed by atoms with E-state index < -0.39 is 0 Å². The highest BCUT2D eigenvalue weighted by Crippen LogP contribution is 2.34. The zero-order valence-corrected chi connectivity index (χ0v) is 10.6. The molecule has 1 aliphatic heterocycles. The molecule has 0 saturated carbocycles. The van der Waals surface area contributed by atoms with Crippen LogP contribution in [0, 0.1) is 0 Å². The molecule has 0 atom stereocenters. The van der Waals surface area contributed by atoms with Crippen LogP contribution < -0.4 is 9.64 Å². The molecule has 0 spiro atoms. The Labute approximate surface area is 112 Å². The first kappa shape index (κ1) is 12.0. The van der Waals surface area contributed by atoms with Gasteiger partial charge in [0, 0.05) is 12.7 Å². The quantitative estimate of drug-likeness (QED) is 0.896. The van der Waals surface area contributed by atoms with Crippen LogP contribution in [0.15, 0.2) is 42.6 Å². The van der Waals surface area contributed by atoms with Crippen molar-refractivity contribution in [2.45, 2.75) is 13.0 Å². The Kier molecular flexibility index (Phi) is 3.33. The zero-order chi connectivity index (χ0) is 13.1. The first-order chi connectivity index (χ1) is 9.38. The lowest BCUT2D eigenvalue weighted by Crippen LogP contribution is -2.18. The molecule has 0 fully saturated rings. The number of para-hydroxylation sites is 2. The number of nitrogens with zero attached hydrogens (tertiary/aromatic N) is 2. The van der Waals surface area contributed by atoms with E-state index in [2.05, 4.69) is 9.88 Å². The van der Waals surface area contributed by atoms with Gasteiger partial charge in [-0.3, -0.25) is 0 Å². The smallest absolute Gasteiger partial charge is 0.142 e. The van der Waals surface area contributed by atoms with Gasteiger partial charge in [-0.25, -0.2) is 4.98 Å². The Morgan fingerprint density at radius 3 is 3.05 bits per heavy atom. The summed E-state index contributed by atoms with van der Waals surface area (Å²) >= 11 is 0. The van der Waals surface area contributed by atoms with Crippen LogP contribution in [0.5, 0.6) is 5.75 Å². The minimum Gasteiger partial charge on any atom is -0.491 e. The van der Waals surface area contributed by atoms with Gasteiger partial charge in [-0.1, -0.05) is 12.1 Å². The second-order valence-corrected chi connectivity index (χ2v) is 4.50. The Balaban J connectivity index is 2.03. The Morgan fingerprint density at radius 2 is 2.16 bits per heavy atom. The van der Waals surface area contributed by atoms with Crippen LogP contribution in [0.3, 0.4) is 0 Å². The van der Waals surface area contributed by atoms with Crippen molar-refractivity contribution in [2.24, 2.45) is 0 Å². The molecule has 98 valence electrons. The third kappa shape index (κ3) is 2.39. The number of ether oxygens (including phenoxy) is 1. The summed E-state index contributed by atoms with van der Waals surface area (Å²) < 4.78 is 5.74. The van der Waals surface area contributed by atoms with E-state index in [-0.39, 0.29) is 6.61 Å². The summed E-state index contributed by atoms with van der Waals surface area (Å²) in [6.45, 7) is 1.60. The number of anilines is 2. The largest absolute Gasteiger partial charge is 0.491 e. The van der Waals surface area contributed by atoms with Gasteiger partial charge in [0.2, 0.25) is 0 Å². The first-order valence-electron chi connectivity index (χ1n) is 6.43. The summed E-state index contributed by atoms with van der Waals surface area (Å²) in [5.41, 5.74) is 1.90. The molecule has 2 aromatic rings.